The van der Waals surface area contributed by atoms with E-state index in [0.29, 0.717) is 23.6 Å². The predicted molar refractivity (Wildman–Crippen MR) is 92.0 cm³/mol. The number of carbonyl (C=O) groups is 1. The molecule has 126 valence electrons. The highest BCUT2D eigenvalue weighted by atomic mass is 16.5. The highest BCUT2D eigenvalue weighted by molar-refractivity contribution is 5.84. The summed E-state index contributed by atoms with van der Waals surface area (Å²) in [6, 6.07) is 11.0. The maximum Gasteiger partial charge on any atom is 0.315 e. The van der Waals surface area contributed by atoms with Crippen LogP contribution in [0.25, 0.3) is 11.0 Å². The number of amides is 2. The van der Waals surface area contributed by atoms with E-state index in [-0.39, 0.29) is 12.1 Å². The van der Waals surface area contributed by atoms with Crippen LogP contribution in [-0.2, 0) is 13.6 Å². The number of urea groups is 1. The summed E-state index contributed by atoms with van der Waals surface area (Å²) in [7, 11) is 3.55. The van der Waals surface area contributed by atoms with Crippen molar-refractivity contribution in [1.29, 1.82) is 0 Å². The molecule has 0 radical (unpaired) electrons. The lowest BCUT2D eigenvalue weighted by Gasteiger charge is -2.13. The highest BCUT2D eigenvalue weighted by Crippen LogP contribution is 2.30. The van der Waals surface area contributed by atoms with Crippen molar-refractivity contribution in [2.75, 3.05) is 7.11 Å². The highest BCUT2D eigenvalue weighted by Gasteiger charge is 2.16. The number of nitrogens with one attached hydrogen (secondary N) is 2. The van der Waals surface area contributed by atoms with Gasteiger partial charge < -0.3 is 24.4 Å². The summed E-state index contributed by atoms with van der Waals surface area (Å²) in [5.41, 5.74) is 1.72. The van der Waals surface area contributed by atoms with Gasteiger partial charge in [-0.25, -0.2) is 4.79 Å². The molecule has 0 saturated carbocycles. The van der Waals surface area contributed by atoms with Gasteiger partial charge in [-0.2, -0.15) is 0 Å². The second-order valence-electron chi connectivity index (χ2n) is 5.69. The maximum absolute atomic E-state index is 12.1. The number of methoxy groups -OCH3 is 1. The minimum absolute atomic E-state index is 0.240. The Morgan fingerprint density at radius 3 is 2.88 bits per heavy atom. The van der Waals surface area contributed by atoms with E-state index in [1.807, 2.05) is 61.1 Å². The topological polar surface area (TPSA) is 68.4 Å². The molecule has 3 rings (SSSR count). The Morgan fingerprint density at radius 1 is 1.33 bits per heavy atom. The first kappa shape index (κ1) is 16.0. The van der Waals surface area contributed by atoms with Gasteiger partial charge in [-0.1, -0.05) is 12.1 Å². The van der Waals surface area contributed by atoms with Crippen molar-refractivity contribution in [3.63, 3.8) is 0 Å². The number of aromatic nitrogens is 1. The summed E-state index contributed by atoms with van der Waals surface area (Å²) >= 11 is 0. The summed E-state index contributed by atoms with van der Waals surface area (Å²) in [6.07, 6.45) is 1.94. The first-order valence-electron chi connectivity index (χ1n) is 7.79. The third kappa shape index (κ3) is 3.22. The molecule has 2 heterocycles. The monoisotopic (exact) mass is 327 g/mol. The van der Waals surface area contributed by atoms with Crippen molar-refractivity contribution in [2.45, 2.75) is 19.5 Å². The lowest BCUT2D eigenvalue weighted by atomic mass is 10.2. The summed E-state index contributed by atoms with van der Waals surface area (Å²) in [5.74, 6) is 1.36. The van der Waals surface area contributed by atoms with Crippen molar-refractivity contribution in [1.82, 2.24) is 15.2 Å². The molecule has 0 aliphatic heterocycles. The van der Waals surface area contributed by atoms with Crippen LogP contribution in [0.5, 0.6) is 5.75 Å². The fourth-order valence-electron chi connectivity index (χ4n) is 2.60. The van der Waals surface area contributed by atoms with Gasteiger partial charge in [0.1, 0.15) is 5.76 Å². The number of furan rings is 1. The Hall–Kier alpha value is -2.89. The lowest BCUT2D eigenvalue weighted by Crippen LogP contribution is -2.36. The van der Waals surface area contributed by atoms with Crippen molar-refractivity contribution in [3.8, 4) is 5.75 Å². The maximum atomic E-state index is 12.1. The molecule has 1 aromatic carbocycles. The van der Waals surface area contributed by atoms with Crippen LogP contribution in [0.4, 0.5) is 4.79 Å². The average Bonchev–Trinajstić information content (AvgIpc) is 3.18. The number of benzene rings is 1. The zero-order chi connectivity index (χ0) is 17.1. The molecule has 0 bridgehead atoms. The molecular formula is C18H21N3O3. The van der Waals surface area contributed by atoms with Crippen LogP contribution in [0.3, 0.4) is 0 Å². The molecular weight excluding hydrogens is 306 g/mol. The van der Waals surface area contributed by atoms with Crippen LogP contribution < -0.4 is 15.4 Å². The third-order valence-corrected chi connectivity index (χ3v) is 4.00. The fraction of sp³-hybridized carbons (Fsp3) is 0.278. The van der Waals surface area contributed by atoms with Crippen LogP contribution in [0.1, 0.15) is 24.4 Å². The Bertz CT molecular complexity index is 850. The Labute approximate surface area is 140 Å². The van der Waals surface area contributed by atoms with E-state index < -0.39 is 0 Å². The number of ether oxygens (including phenoxy) is 1. The molecule has 0 fully saturated rings. The van der Waals surface area contributed by atoms with Crippen molar-refractivity contribution in [3.05, 3.63) is 54.0 Å². The van der Waals surface area contributed by atoms with Crippen LogP contribution in [0.2, 0.25) is 0 Å². The smallest absolute Gasteiger partial charge is 0.315 e. The van der Waals surface area contributed by atoms with E-state index in [1.54, 1.807) is 7.11 Å². The summed E-state index contributed by atoms with van der Waals surface area (Å²) in [5, 5.41) is 6.67. The first-order valence-corrected chi connectivity index (χ1v) is 7.79. The number of hydrogen-bond donors (Lipinski definition) is 2. The number of hydrogen-bond acceptors (Lipinski definition) is 3. The van der Waals surface area contributed by atoms with Gasteiger partial charge in [-0.15, -0.1) is 0 Å². The Balaban J connectivity index is 1.65. The quantitative estimate of drug-likeness (QED) is 0.755. The van der Waals surface area contributed by atoms with E-state index in [9.17, 15) is 4.79 Å². The number of fused-ring (bicyclic) bond motifs is 1. The van der Waals surface area contributed by atoms with E-state index in [0.717, 1.165) is 11.1 Å². The van der Waals surface area contributed by atoms with Gasteiger partial charge in [0.05, 0.1) is 19.7 Å². The fourth-order valence-corrected chi connectivity index (χ4v) is 2.60. The number of nitrogens with zero attached hydrogens (tertiary/aromatic N) is 1. The van der Waals surface area contributed by atoms with Crippen molar-refractivity contribution < 1.29 is 13.9 Å². The van der Waals surface area contributed by atoms with E-state index in [4.69, 9.17) is 9.15 Å². The SMILES string of the molecule is COc1cccc2cc([C@H](C)NC(=O)NCc3cccn3C)oc12. The predicted octanol–water partition coefficient (Wildman–Crippen LogP) is 3.34. The second kappa shape index (κ2) is 6.70. The van der Waals surface area contributed by atoms with Crippen LogP contribution in [0.15, 0.2) is 47.0 Å². The van der Waals surface area contributed by atoms with Gasteiger partial charge in [-0.3, -0.25) is 0 Å². The zero-order valence-corrected chi connectivity index (χ0v) is 14.0. The molecule has 0 spiro atoms. The molecule has 1 atom stereocenters. The number of aryl methyl sites for hydroxylation is 1. The third-order valence-electron chi connectivity index (χ3n) is 4.00. The van der Waals surface area contributed by atoms with Gasteiger partial charge >= 0.3 is 6.03 Å². The first-order chi connectivity index (χ1) is 11.6. The summed E-state index contributed by atoms with van der Waals surface area (Å²) < 4.78 is 13.1. The molecule has 2 aromatic heterocycles. The molecule has 2 amide bonds. The minimum atomic E-state index is -0.254. The van der Waals surface area contributed by atoms with Crippen molar-refractivity contribution >= 4 is 17.0 Å². The standard InChI is InChI=1S/C18H21N3O3/c1-12(20-18(22)19-11-14-7-5-9-21(14)2)16-10-13-6-4-8-15(23-3)17(13)24-16/h4-10,12H,11H2,1-3H3,(H2,19,20,22)/t12-/m0/s1. The molecule has 6 nitrogen and oxygen atoms in total. The second-order valence-corrected chi connectivity index (χ2v) is 5.69. The Morgan fingerprint density at radius 2 is 2.17 bits per heavy atom. The van der Waals surface area contributed by atoms with Gasteiger partial charge in [0, 0.05) is 24.3 Å². The van der Waals surface area contributed by atoms with Crippen LogP contribution in [0, 0.1) is 0 Å². The summed E-state index contributed by atoms with van der Waals surface area (Å²) in [4.78, 5) is 12.1. The van der Waals surface area contributed by atoms with Crippen LogP contribution >= 0.6 is 0 Å². The largest absolute Gasteiger partial charge is 0.493 e. The molecule has 0 aliphatic carbocycles. The average molecular weight is 327 g/mol. The van der Waals surface area contributed by atoms with Gasteiger partial charge in [0.15, 0.2) is 11.3 Å². The van der Waals surface area contributed by atoms with E-state index >= 15 is 0 Å². The molecule has 0 unspecified atom stereocenters. The Kier molecular flexibility index (Phi) is 4.46. The molecule has 0 aliphatic rings. The van der Waals surface area contributed by atoms with Crippen LogP contribution in [-0.4, -0.2) is 17.7 Å². The zero-order valence-electron chi connectivity index (χ0n) is 14.0. The van der Waals surface area contributed by atoms with Gasteiger partial charge in [0.2, 0.25) is 0 Å². The van der Waals surface area contributed by atoms with E-state index in [2.05, 4.69) is 10.6 Å². The summed E-state index contributed by atoms with van der Waals surface area (Å²) in [6.45, 7) is 2.35. The number of para-hydroxylation sites is 1. The van der Waals surface area contributed by atoms with Gasteiger partial charge in [-0.05, 0) is 31.2 Å². The minimum Gasteiger partial charge on any atom is -0.493 e. The van der Waals surface area contributed by atoms with Crippen molar-refractivity contribution in [2.24, 2.45) is 7.05 Å². The normalized spacial score (nSPS) is 12.1. The lowest BCUT2D eigenvalue weighted by molar-refractivity contribution is 0.235. The van der Waals surface area contributed by atoms with Gasteiger partial charge in [0.25, 0.3) is 0 Å². The number of carbonyl (C=O) groups excluding carboxylic acids is 1. The molecule has 24 heavy (non-hydrogen) atoms. The molecule has 0 saturated heterocycles. The number of rotatable bonds is 5. The molecule has 6 heteroatoms. The molecule has 2 N–H and O–H groups in total. The van der Waals surface area contributed by atoms with E-state index in [1.165, 1.54) is 0 Å². The molecule has 3 aromatic rings.